The molecule has 3 heterocycles. The number of carbonyl (C=O) groups is 2. The van der Waals surface area contributed by atoms with Crippen LogP contribution in [0.1, 0.15) is 28.4 Å². The van der Waals surface area contributed by atoms with Crippen molar-refractivity contribution in [1.29, 1.82) is 0 Å². The molecule has 7 aromatic rings. The fourth-order valence-electron chi connectivity index (χ4n) is 5.60. The van der Waals surface area contributed by atoms with Crippen molar-refractivity contribution in [2.45, 2.75) is 20.1 Å². The zero-order chi connectivity index (χ0) is 32.5. The van der Waals surface area contributed by atoms with Crippen LogP contribution in [0.4, 0.5) is 4.79 Å². The van der Waals surface area contributed by atoms with Gasteiger partial charge in [-0.25, -0.2) is 9.59 Å². The zero-order valence-electron chi connectivity index (χ0n) is 25.3. The van der Waals surface area contributed by atoms with Crippen molar-refractivity contribution in [3.8, 4) is 28.5 Å². The second kappa shape index (κ2) is 12.7. The lowest BCUT2D eigenvalue weighted by Gasteiger charge is -2.16. The first kappa shape index (κ1) is 30.2. The van der Waals surface area contributed by atoms with Crippen LogP contribution in [0.5, 0.6) is 17.4 Å². The van der Waals surface area contributed by atoms with Crippen molar-refractivity contribution in [2.75, 3.05) is 13.7 Å². The minimum absolute atomic E-state index is 0.0192. The van der Waals surface area contributed by atoms with Gasteiger partial charge in [0.05, 0.1) is 53.3 Å². The number of carboxylic acids is 1. The van der Waals surface area contributed by atoms with E-state index >= 15 is 0 Å². The van der Waals surface area contributed by atoms with Crippen molar-refractivity contribution in [3.05, 3.63) is 102 Å². The molecule has 0 aliphatic heterocycles. The molecule has 236 valence electrons. The van der Waals surface area contributed by atoms with E-state index in [1.807, 2.05) is 47.0 Å². The summed E-state index contributed by atoms with van der Waals surface area (Å²) >= 11 is 2.73. The van der Waals surface area contributed by atoms with Crippen molar-refractivity contribution < 1.29 is 33.6 Å². The number of aromatic nitrogens is 3. The molecule has 3 aromatic heterocycles. The standard InChI is InChI=1S/C35H27N3O7S2/c1-3-43-35(41)45-33-30(24-14-13-22(42-2)17-28(24)44-19-21-8-4-5-9-23(21)34(39)40)32-31(25-10-6-7-11-29(25)46-32)38(33)18-20-12-15-26-27(16-20)37-47-36-26/h4-17H,3,18-19H2,1-2H3,(H,39,40). The van der Waals surface area contributed by atoms with Gasteiger partial charge in [-0.1, -0.05) is 42.5 Å². The summed E-state index contributed by atoms with van der Waals surface area (Å²) < 4.78 is 35.9. The highest BCUT2D eigenvalue weighted by molar-refractivity contribution is 7.26. The van der Waals surface area contributed by atoms with Gasteiger partial charge in [-0.05, 0) is 48.9 Å². The number of fused-ring (bicyclic) bond motifs is 4. The number of carboxylic acid groups (broad SMARTS) is 1. The fraction of sp³-hybridized carbons (Fsp3) is 0.143. The molecule has 4 aromatic carbocycles. The van der Waals surface area contributed by atoms with E-state index < -0.39 is 12.1 Å². The lowest BCUT2D eigenvalue weighted by atomic mass is 10.1. The van der Waals surface area contributed by atoms with E-state index in [4.69, 9.17) is 18.9 Å². The van der Waals surface area contributed by atoms with Crippen LogP contribution in [0, 0.1) is 0 Å². The second-order valence-corrected chi connectivity index (χ2v) is 12.1. The first-order valence-corrected chi connectivity index (χ1v) is 16.2. The van der Waals surface area contributed by atoms with E-state index in [-0.39, 0.29) is 24.7 Å². The Labute approximate surface area is 276 Å². The molecular formula is C35H27N3O7S2. The van der Waals surface area contributed by atoms with Gasteiger partial charge in [-0.3, -0.25) is 0 Å². The summed E-state index contributed by atoms with van der Waals surface area (Å²) in [4.78, 5) is 24.9. The summed E-state index contributed by atoms with van der Waals surface area (Å²) in [5, 5.41) is 10.8. The van der Waals surface area contributed by atoms with Gasteiger partial charge >= 0.3 is 12.1 Å². The van der Waals surface area contributed by atoms with E-state index in [1.54, 1.807) is 61.8 Å². The maximum atomic E-state index is 13.0. The third-order valence-electron chi connectivity index (χ3n) is 7.72. The van der Waals surface area contributed by atoms with Crippen molar-refractivity contribution in [1.82, 2.24) is 13.3 Å². The zero-order valence-corrected chi connectivity index (χ0v) is 26.9. The third-order valence-corrected chi connectivity index (χ3v) is 9.45. The Balaban J connectivity index is 1.45. The number of carbonyl (C=O) groups excluding carboxylic acids is 1. The van der Waals surface area contributed by atoms with Gasteiger partial charge in [-0.15, -0.1) is 11.3 Å². The third kappa shape index (κ3) is 5.73. The highest BCUT2D eigenvalue weighted by Gasteiger charge is 2.29. The highest BCUT2D eigenvalue weighted by Crippen LogP contribution is 2.50. The summed E-state index contributed by atoms with van der Waals surface area (Å²) in [6, 6.07) is 26.1. The lowest BCUT2D eigenvalue weighted by Crippen LogP contribution is -2.14. The van der Waals surface area contributed by atoms with Crippen LogP contribution in [0.25, 0.3) is 42.5 Å². The molecule has 47 heavy (non-hydrogen) atoms. The van der Waals surface area contributed by atoms with Crippen molar-refractivity contribution in [3.63, 3.8) is 0 Å². The monoisotopic (exact) mass is 665 g/mol. The molecule has 0 aliphatic carbocycles. The molecule has 7 rings (SSSR count). The predicted octanol–water partition coefficient (Wildman–Crippen LogP) is 8.40. The minimum atomic E-state index is -1.05. The van der Waals surface area contributed by atoms with Gasteiger partial charge in [-0.2, -0.15) is 8.75 Å². The molecule has 0 saturated carbocycles. The molecule has 0 radical (unpaired) electrons. The Bertz CT molecular complexity index is 2290. The number of nitrogens with zero attached hydrogens (tertiary/aromatic N) is 3. The average molecular weight is 666 g/mol. The Hall–Kier alpha value is -5.46. The van der Waals surface area contributed by atoms with Gasteiger partial charge in [0.25, 0.3) is 0 Å². The van der Waals surface area contributed by atoms with Crippen molar-refractivity contribution in [2.24, 2.45) is 0 Å². The van der Waals surface area contributed by atoms with Crippen LogP contribution in [0.2, 0.25) is 0 Å². The summed E-state index contributed by atoms with van der Waals surface area (Å²) in [6.45, 7) is 2.20. The molecule has 0 aliphatic rings. The minimum Gasteiger partial charge on any atom is -0.497 e. The SMILES string of the molecule is CCOC(=O)Oc1c(-c2ccc(OC)cc2OCc2ccccc2C(=O)O)c2sc3ccccc3c2n1Cc1ccc2nsnc2c1. The maximum absolute atomic E-state index is 13.0. The van der Waals surface area contributed by atoms with E-state index in [0.29, 0.717) is 34.7 Å². The first-order valence-electron chi connectivity index (χ1n) is 14.7. The summed E-state index contributed by atoms with van der Waals surface area (Å²) in [7, 11) is 1.56. The summed E-state index contributed by atoms with van der Waals surface area (Å²) in [5.74, 6) is 0.203. The Morgan fingerprint density at radius 3 is 2.57 bits per heavy atom. The maximum Gasteiger partial charge on any atom is 0.515 e. The molecule has 0 amide bonds. The van der Waals surface area contributed by atoms with Crippen LogP contribution in [0.15, 0.2) is 84.9 Å². The number of hydrogen-bond donors (Lipinski definition) is 1. The topological polar surface area (TPSA) is 122 Å². The first-order chi connectivity index (χ1) is 22.9. The van der Waals surface area contributed by atoms with Gasteiger partial charge in [0, 0.05) is 27.3 Å². The molecule has 10 nitrogen and oxygen atoms in total. The molecule has 0 atom stereocenters. The normalized spacial score (nSPS) is 11.3. The van der Waals surface area contributed by atoms with Crippen LogP contribution >= 0.6 is 23.1 Å². The molecule has 12 heteroatoms. The van der Waals surface area contributed by atoms with E-state index in [1.165, 1.54) is 0 Å². The van der Waals surface area contributed by atoms with Gasteiger partial charge in [0.1, 0.15) is 29.1 Å². The van der Waals surface area contributed by atoms with E-state index in [9.17, 15) is 14.7 Å². The average Bonchev–Trinajstić information content (AvgIpc) is 3.77. The number of hydrogen-bond acceptors (Lipinski definition) is 10. The van der Waals surface area contributed by atoms with E-state index in [0.717, 1.165) is 48.6 Å². The number of ether oxygens (including phenoxy) is 4. The highest BCUT2D eigenvalue weighted by atomic mass is 32.1. The van der Waals surface area contributed by atoms with Crippen molar-refractivity contribution >= 4 is 66.5 Å². The molecule has 0 spiro atoms. The van der Waals surface area contributed by atoms with Crippen LogP contribution in [-0.4, -0.2) is 44.3 Å². The number of aromatic carboxylic acids is 1. The Morgan fingerprint density at radius 1 is 0.936 bits per heavy atom. The Kier molecular flexibility index (Phi) is 8.19. The molecule has 1 N–H and O–H groups in total. The van der Waals surface area contributed by atoms with Crippen LogP contribution in [-0.2, 0) is 17.9 Å². The molecule has 0 fully saturated rings. The number of benzene rings is 4. The fourth-order valence-corrected chi connectivity index (χ4v) is 7.37. The number of methoxy groups -OCH3 is 1. The van der Waals surface area contributed by atoms with Gasteiger partial charge < -0.3 is 28.6 Å². The summed E-state index contributed by atoms with van der Waals surface area (Å²) in [6.07, 6.45) is -0.838. The lowest BCUT2D eigenvalue weighted by molar-refractivity contribution is 0.0693. The Morgan fingerprint density at radius 2 is 1.74 bits per heavy atom. The predicted molar refractivity (Wildman–Crippen MR) is 181 cm³/mol. The summed E-state index contributed by atoms with van der Waals surface area (Å²) in [5.41, 5.74) is 5.34. The quantitative estimate of drug-likeness (QED) is 0.144. The molecule has 0 bridgehead atoms. The molecule has 0 unspecified atom stereocenters. The van der Waals surface area contributed by atoms with Gasteiger partial charge in [0.15, 0.2) is 0 Å². The van der Waals surface area contributed by atoms with Crippen LogP contribution in [0.3, 0.4) is 0 Å². The van der Waals surface area contributed by atoms with E-state index in [2.05, 4.69) is 14.8 Å². The molecular weight excluding hydrogens is 639 g/mol. The largest absolute Gasteiger partial charge is 0.515 e. The van der Waals surface area contributed by atoms with Crippen LogP contribution < -0.4 is 14.2 Å². The second-order valence-electron chi connectivity index (χ2n) is 10.5. The molecule has 0 saturated heterocycles. The smallest absolute Gasteiger partial charge is 0.497 e. The number of rotatable bonds is 10. The van der Waals surface area contributed by atoms with Gasteiger partial charge in [0.2, 0.25) is 5.88 Å². The number of thiophene rings is 1.